The molecule has 0 aliphatic heterocycles. The van der Waals surface area contributed by atoms with Gasteiger partial charge >= 0.3 is 0 Å². The van der Waals surface area contributed by atoms with Gasteiger partial charge in [-0.3, -0.25) is 0 Å². The topological polar surface area (TPSA) is 35.2 Å². The molecule has 0 heterocycles. The van der Waals surface area contributed by atoms with Gasteiger partial charge in [0.2, 0.25) is 0 Å². The van der Waals surface area contributed by atoms with Crippen molar-refractivity contribution in [3.05, 3.63) is 63.7 Å². The summed E-state index contributed by atoms with van der Waals surface area (Å²) in [6.07, 6.45) is 0.902. The molecule has 2 N–H and O–H groups in total. The van der Waals surface area contributed by atoms with E-state index >= 15 is 0 Å². The molecule has 0 aromatic heterocycles. The maximum Gasteiger partial charge on any atom is 0.125 e. The van der Waals surface area contributed by atoms with E-state index in [9.17, 15) is 0 Å². The molecule has 106 valence electrons. The highest BCUT2D eigenvalue weighted by Crippen LogP contribution is 2.26. The Bertz CT molecular complexity index is 555. The summed E-state index contributed by atoms with van der Waals surface area (Å²) in [7, 11) is 0. The van der Waals surface area contributed by atoms with Crippen LogP contribution in [0.3, 0.4) is 0 Å². The van der Waals surface area contributed by atoms with Gasteiger partial charge in [0, 0.05) is 5.02 Å². The molecule has 0 saturated carbocycles. The molecule has 2 aromatic carbocycles. The smallest absolute Gasteiger partial charge is 0.125 e. The van der Waals surface area contributed by atoms with Gasteiger partial charge in [-0.15, -0.1) is 0 Å². The van der Waals surface area contributed by atoms with Crippen molar-refractivity contribution in [3.63, 3.8) is 0 Å². The summed E-state index contributed by atoms with van der Waals surface area (Å²) in [6.45, 7) is 5.37. The first kappa shape index (κ1) is 14.9. The lowest BCUT2D eigenvalue weighted by atomic mass is 10.0. The second-order valence-electron chi connectivity index (χ2n) is 5.01. The highest BCUT2D eigenvalue weighted by Gasteiger charge is 2.07. The minimum Gasteiger partial charge on any atom is -0.488 e. The fraction of sp³-hybridized carbons (Fsp3) is 0.294. The van der Waals surface area contributed by atoms with Gasteiger partial charge in [-0.1, -0.05) is 35.9 Å². The van der Waals surface area contributed by atoms with Crippen LogP contribution in [0.15, 0.2) is 36.4 Å². The normalized spacial score (nSPS) is 10.6. The summed E-state index contributed by atoms with van der Waals surface area (Å²) in [5.41, 5.74) is 10.3. The van der Waals surface area contributed by atoms with Crippen LogP contribution in [0.4, 0.5) is 0 Å². The van der Waals surface area contributed by atoms with Crippen molar-refractivity contribution in [2.45, 2.75) is 26.9 Å². The Kier molecular flexibility index (Phi) is 5.05. The van der Waals surface area contributed by atoms with Gasteiger partial charge in [-0.25, -0.2) is 0 Å². The first-order valence-electron chi connectivity index (χ1n) is 6.77. The monoisotopic (exact) mass is 289 g/mol. The number of benzene rings is 2. The Hall–Kier alpha value is -1.51. The molecule has 2 nitrogen and oxygen atoms in total. The summed E-state index contributed by atoms with van der Waals surface area (Å²) in [5, 5.41) is 0.743. The molecule has 2 aromatic rings. The minimum atomic E-state index is 0.551. The summed E-state index contributed by atoms with van der Waals surface area (Å²) in [4.78, 5) is 0. The van der Waals surface area contributed by atoms with Crippen LogP contribution in [-0.2, 0) is 13.0 Å². The van der Waals surface area contributed by atoms with Crippen LogP contribution in [0.1, 0.15) is 22.3 Å². The summed E-state index contributed by atoms with van der Waals surface area (Å²) >= 11 is 5.88. The SMILES string of the molecule is Cc1cc(CCN)cc(C)c1OCc1ccc(Cl)cc1. The van der Waals surface area contributed by atoms with Gasteiger partial charge in [0.1, 0.15) is 12.4 Å². The molecule has 0 atom stereocenters. The highest BCUT2D eigenvalue weighted by atomic mass is 35.5. The highest BCUT2D eigenvalue weighted by molar-refractivity contribution is 6.30. The molecule has 3 heteroatoms. The molecule has 0 unspecified atom stereocenters. The quantitative estimate of drug-likeness (QED) is 0.902. The predicted molar refractivity (Wildman–Crippen MR) is 84.5 cm³/mol. The van der Waals surface area contributed by atoms with Crippen LogP contribution in [0, 0.1) is 13.8 Å². The largest absolute Gasteiger partial charge is 0.488 e. The van der Waals surface area contributed by atoms with Crippen LogP contribution in [0.5, 0.6) is 5.75 Å². The summed E-state index contributed by atoms with van der Waals surface area (Å²) in [5.74, 6) is 0.959. The maximum atomic E-state index is 5.95. The lowest BCUT2D eigenvalue weighted by Gasteiger charge is -2.14. The fourth-order valence-corrected chi connectivity index (χ4v) is 2.44. The zero-order valence-corrected chi connectivity index (χ0v) is 12.7. The van der Waals surface area contributed by atoms with E-state index < -0.39 is 0 Å². The van der Waals surface area contributed by atoms with Gasteiger partial charge in [0.25, 0.3) is 0 Å². The lowest BCUT2D eigenvalue weighted by Crippen LogP contribution is -2.04. The molecule has 0 bridgehead atoms. The maximum absolute atomic E-state index is 5.95. The summed E-state index contributed by atoms with van der Waals surface area (Å²) in [6, 6.07) is 12.0. The number of aryl methyl sites for hydroxylation is 2. The first-order valence-corrected chi connectivity index (χ1v) is 7.15. The van der Waals surface area contributed by atoms with Crippen molar-refractivity contribution in [2.75, 3.05) is 6.54 Å². The van der Waals surface area contributed by atoms with Crippen molar-refractivity contribution >= 4 is 11.6 Å². The molecule has 0 spiro atoms. The number of hydrogen-bond donors (Lipinski definition) is 1. The van der Waals surface area contributed by atoms with Gasteiger partial charge in [-0.05, 0) is 61.2 Å². The van der Waals surface area contributed by atoms with Crippen molar-refractivity contribution in [1.29, 1.82) is 0 Å². The van der Waals surface area contributed by atoms with Crippen LogP contribution in [0.25, 0.3) is 0 Å². The molecule has 0 aliphatic carbocycles. The molecule has 0 amide bonds. The number of rotatable bonds is 5. The Morgan fingerprint density at radius 3 is 2.15 bits per heavy atom. The van der Waals surface area contributed by atoms with E-state index in [1.54, 1.807) is 0 Å². The zero-order chi connectivity index (χ0) is 14.5. The molecule has 0 aliphatic rings. The molecule has 0 radical (unpaired) electrons. The third-order valence-corrected chi connectivity index (χ3v) is 3.50. The van der Waals surface area contributed by atoms with Crippen molar-refractivity contribution in [1.82, 2.24) is 0 Å². The first-order chi connectivity index (χ1) is 9.60. The van der Waals surface area contributed by atoms with E-state index in [0.29, 0.717) is 13.2 Å². The average Bonchev–Trinajstić information content (AvgIpc) is 2.40. The van der Waals surface area contributed by atoms with Gasteiger partial charge in [0.05, 0.1) is 0 Å². The Morgan fingerprint density at radius 2 is 1.60 bits per heavy atom. The van der Waals surface area contributed by atoms with Gasteiger partial charge in [-0.2, -0.15) is 0 Å². The average molecular weight is 290 g/mol. The molecular weight excluding hydrogens is 270 g/mol. The number of ether oxygens (including phenoxy) is 1. The molecule has 2 rings (SSSR count). The van der Waals surface area contributed by atoms with Crippen molar-refractivity contribution in [2.24, 2.45) is 5.73 Å². The minimum absolute atomic E-state index is 0.551. The molecular formula is C17H20ClNO. The second-order valence-corrected chi connectivity index (χ2v) is 5.45. The van der Waals surface area contributed by atoms with E-state index in [2.05, 4.69) is 26.0 Å². The standard InChI is InChI=1S/C17H20ClNO/c1-12-9-15(7-8-19)10-13(2)17(12)20-11-14-3-5-16(18)6-4-14/h3-6,9-10H,7-8,11,19H2,1-2H3. The number of halogens is 1. The predicted octanol–water partition coefficient (Wildman–Crippen LogP) is 4.04. The third-order valence-electron chi connectivity index (χ3n) is 3.25. The number of hydrogen-bond acceptors (Lipinski definition) is 2. The molecule has 0 saturated heterocycles. The van der Waals surface area contributed by atoms with Crippen molar-refractivity contribution in [3.8, 4) is 5.75 Å². The van der Waals surface area contributed by atoms with E-state index in [1.165, 1.54) is 5.56 Å². The van der Waals surface area contributed by atoms with Gasteiger partial charge in [0.15, 0.2) is 0 Å². The Balaban J connectivity index is 2.11. The fourth-order valence-electron chi connectivity index (χ4n) is 2.31. The molecule has 0 fully saturated rings. The molecule has 20 heavy (non-hydrogen) atoms. The van der Waals surface area contributed by atoms with Crippen LogP contribution in [0.2, 0.25) is 5.02 Å². The van der Waals surface area contributed by atoms with Gasteiger partial charge < -0.3 is 10.5 Å². The Labute approximate surface area is 125 Å². The van der Waals surface area contributed by atoms with E-state index in [0.717, 1.165) is 33.9 Å². The lowest BCUT2D eigenvalue weighted by molar-refractivity contribution is 0.302. The van der Waals surface area contributed by atoms with Crippen LogP contribution in [-0.4, -0.2) is 6.54 Å². The second kappa shape index (κ2) is 6.78. The van der Waals surface area contributed by atoms with E-state index in [1.807, 2.05) is 24.3 Å². The Morgan fingerprint density at radius 1 is 1.00 bits per heavy atom. The van der Waals surface area contributed by atoms with Crippen LogP contribution >= 0.6 is 11.6 Å². The number of nitrogens with two attached hydrogens (primary N) is 1. The zero-order valence-electron chi connectivity index (χ0n) is 11.9. The van der Waals surface area contributed by atoms with E-state index in [4.69, 9.17) is 22.1 Å². The van der Waals surface area contributed by atoms with Crippen LogP contribution < -0.4 is 10.5 Å². The summed E-state index contributed by atoms with van der Waals surface area (Å²) < 4.78 is 5.95. The van der Waals surface area contributed by atoms with Crippen molar-refractivity contribution < 1.29 is 4.74 Å². The third kappa shape index (κ3) is 3.75. The van der Waals surface area contributed by atoms with E-state index in [-0.39, 0.29) is 0 Å².